The minimum Gasteiger partial charge on any atom is -0.381 e. The normalized spacial score (nSPS) is 34.5. The van der Waals surface area contributed by atoms with Gasteiger partial charge in [-0.15, -0.1) is 0 Å². The minimum absolute atomic E-state index is 0.401. The van der Waals surface area contributed by atoms with Gasteiger partial charge in [0.05, 0.1) is 0 Å². The van der Waals surface area contributed by atoms with Crippen LogP contribution in [0.3, 0.4) is 0 Å². The molecule has 1 fully saturated rings. The number of benzene rings is 1. The molecule has 0 radical (unpaired) electrons. The van der Waals surface area contributed by atoms with Gasteiger partial charge in [-0.3, -0.25) is 0 Å². The molecular formula is C12H16N2. The van der Waals surface area contributed by atoms with Crippen molar-refractivity contribution in [2.75, 3.05) is 5.32 Å². The van der Waals surface area contributed by atoms with Gasteiger partial charge >= 0.3 is 0 Å². The Kier molecular flexibility index (Phi) is 1.77. The highest BCUT2D eigenvalue weighted by molar-refractivity contribution is 5.59. The summed E-state index contributed by atoms with van der Waals surface area (Å²) in [5, 5.41) is 3.59. The number of hydrogen-bond donors (Lipinski definition) is 2. The molecular weight excluding hydrogens is 172 g/mol. The summed E-state index contributed by atoms with van der Waals surface area (Å²) in [6.45, 7) is 0. The van der Waals surface area contributed by atoms with E-state index < -0.39 is 0 Å². The fourth-order valence-corrected chi connectivity index (χ4v) is 2.89. The molecule has 2 aliphatic rings. The van der Waals surface area contributed by atoms with Gasteiger partial charge in [0.25, 0.3) is 0 Å². The van der Waals surface area contributed by atoms with E-state index in [9.17, 15) is 0 Å². The maximum Gasteiger partial charge on any atom is 0.0378 e. The lowest BCUT2D eigenvalue weighted by molar-refractivity contribution is 0.377. The van der Waals surface area contributed by atoms with E-state index in [-0.39, 0.29) is 0 Å². The van der Waals surface area contributed by atoms with Crippen molar-refractivity contribution in [3.05, 3.63) is 29.8 Å². The van der Waals surface area contributed by atoms with Crippen molar-refractivity contribution in [1.29, 1.82) is 0 Å². The number of hydrogen-bond acceptors (Lipinski definition) is 2. The molecule has 1 aromatic rings. The first-order chi connectivity index (χ1) is 6.84. The van der Waals surface area contributed by atoms with Gasteiger partial charge in [-0.05, 0) is 30.9 Å². The first-order valence-electron chi connectivity index (χ1n) is 5.45. The van der Waals surface area contributed by atoms with Gasteiger partial charge in [0.2, 0.25) is 0 Å². The summed E-state index contributed by atoms with van der Waals surface area (Å²) in [6.07, 6.45) is 3.55. The molecule has 0 bridgehead atoms. The molecule has 3 atom stereocenters. The van der Waals surface area contributed by atoms with Gasteiger partial charge in [0.15, 0.2) is 0 Å². The average Bonchev–Trinajstić information content (AvgIpc) is 2.54. The summed E-state index contributed by atoms with van der Waals surface area (Å²) in [4.78, 5) is 0. The highest BCUT2D eigenvalue weighted by atomic mass is 15.0. The second-order valence-electron chi connectivity index (χ2n) is 4.52. The van der Waals surface area contributed by atoms with E-state index in [1.807, 2.05) is 0 Å². The van der Waals surface area contributed by atoms with Gasteiger partial charge in [-0.1, -0.05) is 18.2 Å². The smallest absolute Gasteiger partial charge is 0.0378 e. The molecule has 0 spiro atoms. The Hall–Kier alpha value is -1.02. The minimum atomic E-state index is 0.401. The second-order valence-corrected chi connectivity index (χ2v) is 4.52. The van der Waals surface area contributed by atoms with Crippen molar-refractivity contribution >= 4 is 5.69 Å². The lowest BCUT2D eigenvalue weighted by atomic mass is 9.81. The van der Waals surface area contributed by atoms with Gasteiger partial charge in [-0.2, -0.15) is 0 Å². The summed E-state index contributed by atoms with van der Waals surface area (Å²) in [7, 11) is 0. The fourth-order valence-electron chi connectivity index (χ4n) is 2.89. The Morgan fingerprint density at radius 3 is 3.00 bits per heavy atom. The molecule has 2 heteroatoms. The molecule has 74 valence electrons. The van der Waals surface area contributed by atoms with Crippen LogP contribution in [0.25, 0.3) is 0 Å². The van der Waals surface area contributed by atoms with Crippen LogP contribution in [-0.2, 0) is 0 Å². The second kappa shape index (κ2) is 2.99. The monoisotopic (exact) mass is 188 g/mol. The number of fused-ring (bicyclic) bond motifs is 3. The zero-order valence-electron chi connectivity index (χ0n) is 8.24. The van der Waals surface area contributed by atoms with Crippen LogP contribution in [-0.4, -0.2) is 12.1 Å². The standard InChI is InChI=1S/C12H16N2/c13-8-5-6-10-9-3-1-2-4-11(9)14-12(10)7-8/h1-4,8,10,12,14H,5-7,13H2. The predicted molar refractivity (Wildman–Crippen MR) is 58.4 cm³/mol. The van der Waals surface area contributed by atoms with Crippen molar-refractivity contribution in [3.63, 3.8) is 0 Å². The van der Waals surface area contributed by atoms with Crippen molar-refractivity contribution in [3.8, 4) is 0 Å². The van der Waals surface area contributed by atoms with E-state index in [0.29, 0.717) is 18.0 Å². The fraction of sp³-hybridized carbons (Fsp3) is 0.500. The Bertz CT molecular complexity index is 348. The van der Waals surface area contributed by atoms with Crippen LogP contribution < -0.4 is 11.1 Å². The summed E-state index contributed by atoms with van der Waals surface area (Å²) in [5.74, 6) is 0.714. The Morgan fingerprint density at radius 2 is 2.07 bits per heavy atom. The number of para-hydroxylation sites is 1. The van der Waals surface area contributed by atoms with Gasteiger partial charge in [0, 0.05) is 23.7 Å². The third kappa shape index (κ3) is 1.14. The van der Waals surface area contributed by atoms with Crippen molar-refractivity contribution in [2.45, 2.75) is 37.3 Å². The van der Waals surface area contributed by atoms with Crippen LogP contribution in [0.15, 0.2) is 24.3 Å². The van der Waals surface area contributed by atoms with Crippen LogP contribution in [0.5, 0.6) is 0 Å². The van der Waals surface area contributed by atoms with Crippen LogP contribution in [0.2, 0.25) is 0 Å². The summed E-state index contributed by atoms with van der Waals surface area (Å²) in [5.41, 5.74) is 8.82. The van der Waals surface area contributed by atoms with E-state index in [1.165, 1.54) is 24.1 Å². The van der Waals surface area contributed by atoms with Gasteiger partial charge in [-0.25, -0.2) is 0 Å². The van der Waals surface area contributed by atoms with Crippen molar-refractivity contribution in [1.82, 2.24) is 0 Å². The first-order valence-corrected chi connectivity index (χ1v) is 5.45. The quantitative estimate of drug-likeness (QED) is 0.654. The van der Waals surface area contributed by atoms with E-state index in [4.69, 9.17) is 5.73 Å². The molecule has 14 heavy (non-hydrogen) atoms. The topological polar surface area (TPSA) is 38.0 Å². The average molecular weight is 188 g/mol. The van der Waals surface area contributed by atoms with Crippen LogP contribution in [0.4, 0.5) is 5.69 Å². The maximum atomic E-state index is 5.99. The highest BCUT2D eigenvalue weighted by Crippen LogP contribution is 2.43. The number of nitrogens with two attached hydrogens (primary N) is 1. The molecule has 1 heterocycles. The lowest BCUT2D eigenvalue weighted by Crippen LogP contribution is -2.36. The van der Waals surface area contributed by atoms with E-state index >= 15 is 0 Å². The lowest BCUT2D eigenvalue weighted by Gasteiger charge is -2.29. The van der Waals surface area contributed by atoms with E-state index in [0.717, 1.165) is 6.42 Å². The largest absolute Gasteiger partial charge is 0.381 e. The number of anilines is 1. The molecule has 1 aromatic carbocycles. The first kappa shape index (κ1) is 8.30. The highest BCUT2D eigenvalue weighted by Gasteiger charge is 2.35. The van der Waals surface area contributed by atoms with E-state index in [2.05, 4.69) is 29.6 Å². The molecule has 2 nitrogen and oxygen atoms in total. The molecule has 3 rings (SSSR count). The number of nitrogens with one attached hydrogen (secondary N) is 1. The predicted octanol–water partition coefficient (Wildman–Crippen LogP) is 2.08. The Labute approximate surface area is 84.5 Å². The third-order valence-corrected chi connectivity index (χ3v) is 3.59. The molecule has 0 aromatic heterocycles. The third-order valence-electron chi connectivity index (χ3n) is 3.59. The molecule has 3 N–H and O–H groups in total. The molecule has 3 unspecified atom stereocenters. The SMILES string of the molecule is NC1CCC2c3ccccc3NC2C1. The number of rotatable bonds is 0. The van der Waals surface area contributed by atoms with Crippen LogP contribution >= 0.6 is 0 Å². The van der Waals surface area contributed by atoms with Gasteiger partial charge < -0.3 is 11.1 Å². The summed E-state index contributed by atoms with van der Waals surface area (Å²) >= 11 is 0. The molecule has 1 saturated carbocycles. The summed E-state index contributed by atoms with van der Waals surface area (Å²) in [6, 6.07) is 9.66. The molecule has 0 saturated heterocycles. The van der Waals surface area contributed by atoms with E-state index in [1.54, 1.807) is 0 Å². The van der Waals surface area contributed by atoms with Crippen molar-refractivity contribution in [2.24, 2.45) is 5.73 Å². The zero-order chi connectivity index (χ0) is 9.54. The van der Waals surface area contributed by atoms with Crippen LogP contribution in [0, 0.1) is 0 Å². The molecule has 1 aliphatic heterocycles. The Balaban J connectivity index is 1.94. The summed E-state index contributed by atoms with van der Waals surface area (Å²) < 4.78 is 0. The van der Waals surface area contributed by atoms with Crippen LogP contribution in [0.1, 0.15) is 30.7 Å². The molecule has 0 amide bonds. The van der Waals surface area contributed by atoms with Crippen molar-refractivity contribution < 1.29 is 0 Å². The molecule has 1 aliphatic carbocycles. The van der Waals surface area contributed by atoms with Gasteiger partial charge in [0.1, 0.15) is 0 Å². The Morgan fingerprint density at radius 1 is 1.21 bits per heavy atom. The zero-order valence-corrected chi connectivity index (χ0v) is 8.24. The maximum absolute atomic E-state index is 5.99.